The molecule has 1 aliphatic rings. The first kappa shape index (κ1) is 71.6. The van der Waals surface area contributed by atoms with E-state index in [0.717, 1.165) is 64.2 Å². The van der Waals surface area contributed by atoms with Gasteiger partial charge in [0.05, 0.1) is 40.0 Å². The summed E-state index contributed by atoms with van der Waals surface area (Å²) < 4.78 is 0. The Morgan fingerprint density at radius 3 is 1.37 bits per heavy atom. The quantitative estimate of drug-likeness (QED) is 0.158. The molecule has 6 heterocycles. The van der Waals surface area contributed by atoms with E-state index in [1.165, 1.54) is 11.1 Å². The van der Waals surface area contributed by atoms with Crippen molar-refractivity contribution in [2.45, 2.75) is 191 Å². The second kappa shape index (κ2) is 31.0. The van der Waals surface area contributed by atoms with Gasteiger partial charge in [0.1, 0.15) is 12.2 Å². The zero-order chi connectivity index (χ0) is 62.3. The van der Waals surface area contributed by atoms with E-state index in [9.17, 15) is 0 Å². The fourth-order valence-corrected chi connectivity index (χ4v) is 7.01. The average molecular weight is 1090 g/mol. The summed E-state index contributed by atoms with van der Waals surface area (Å²) in [5, 5.41) is 8.74. The maximum Gasteiger partial charge on any atom is 0.151 e. The molecule has 0 aromatic carbocycles. The maximum absolute atomic E-state index is 8.74. The van der Waals surface area contributed by atoms with E-state index in [-0.39, 0.29) is 43.3 Å². The van der Waals surface area contributed by atoms with Crippen molar-refractivity contribution in [1.82, 2.24) is 44.9 Å². The van der Waals surface area contributed by atoms with Gasteiger partial charge in [0.25, 0.3) is 0 Å². The minimum atomic E-state index is 0.0129. The Hall–Kier alpha value is -7.38. The Balaban J connectivity index is 0.000000473. The van der Waals surface area contributed by atoms with E-state index in [4.69, 9.17) is 5.26 Å². The molecule has 1 saturated carbocycles. The van der Waals surface area contributed by atoms with Gasteiger partial charge in [0, 0.05) is 63.5 Å². The van der Waals surface area contributed by atoms with Gasteiger partial charge in [-0.1, -0.05) is 197 Å². The highest BCUT2D eigenvalue weighted by Gasteiger charge is 2.52. The standard InChI is InChI=1S/3C11H15N.3C10H14N2.C8H13N/c1-5-10-8-9(6-7-12-10)11(2,3)4;1-5-10-9(11(2,3)4)7-6-8-12-10;1-5-9-7-6-8-10(12-9)11(2,3)4;1-5-8-6-9(10(2,3)4)12-7-11-8;1-5-9-11-7-6-8(12-9)10(2,3)4;1-5-8-6-7-11-9(12-8)10(2,3)4;1-7(2,3)8(6-9)4-5-8/h3*5-8H,1H2,2-4H3;3*5-7H,1H2,2-4H3;4-5H2,1-3H3. The summed E-state index contributed by atoms with van der Waals surface area (Å²) in [6.45, 7) is 67.1. The van der Waals surface area contributed by atoms with Crippen LogP contribution in [0.5, 0.6) is 0 Å². The predicted octanol–water partition coefficient (Wildman–Crippen LogP) is 18.7. The number of pyridine rings is 3. The van der Waals surface area contributed by atoms with E-state index in [2.05, 4.69) is 248 Å². The largest absolute Gasteiger partial charge is 0.257 e. The minimum absolute atomic E-state index is 0.0129. The van der Waals surface area contributed by atoms with Crippen LogP contribution in [0.2, 0.25) is 0 Å². The van der Waals surface area contributed by atoms with Gasteiger partial charge in [-0.15, -0.1) is 0 Å². The second-order valence-electron chi connectivity index (χ2n) is 27.0. The minimum Gasteiger partial charge on any atom is -0.257 e. The Labute approximate surface area is 491 Å². The van der Waals surface area contributed by atoms with E-state index >= 15 is 0 Å². The van der Waals surface area contributed by atoms with Crippen molar-refractivity contribution in [3.05, 3.63) is 200 Å². The molecule has 81 heavy (non-hydrogen) atoms. The molecule has 0 amide bonds. The van der Waals surface area contributed by atoms with Crippen molar-refractivity contribution in [2.75, 3.05) is 0 Å². The molecule has 10 nitrogen and oxygen atoms in total. The van der Waals surface area contributed by atoms with Crippen molar-refractivity contribution < 1.29 is 0 Å². The monoisotopic (exact) mass is 1090 g/mol. The molecule has 0 N–H and O–H groups in total. The topological polar surface area (TPSA) is 140 Å². The third kappa shape index (κ3) is 25.7. The highest BCUT2D eigenvalue weighted by atomic mass is 14.9. The summed E-state index contributed by atoms with van der Waals surface area (Å²) in [5.74, 6) is 1.56. The van der Waals surface area contributed by atoms with Gasteiger partial charge in [-0.2, -0.15) is 5.26 Å². The third-order valence-corrected chi connectivity index (χ3v) is 12.7. The highest BCUT2D eigenvalue weighted by Crippen LogP contribution is 2.57. The van der Waals surface area contributed by atoms with Crippen molar-refractivity contribution in [3.63, 3.8) is 0 Å². The summed E-state index contributed by atoms with van der Waals surface area (Å²) in [4.78, 5) is 38.0. The van der Waals surface area contributed by atoms with Crippen LogP contribution in [0, 0.1) is 22.2 Å². The molecule has 0 bridgehead atoms. The maximum atomic E-state index is 8.74. The van der Waals surface area contributed by atoms with Gasteiger partial charge in [-0.05, 0) is 125 Å². The first-order valence-corrected chi connectivity index (χ1v) is 27.8. The number of nitriles is 1. The summed E-state index contributed by atoms with van der Waals surface area (Å²) in [6.07, 6.45) is 21.4. The smallest absolute Gasteiger partial charge is 0.151 e. The molecule has 0 spiro atoms. The second-order valence-corrected chi connectivity index (χ2v) is 27.0. The molecule has 1 fully saturated rings. The van der Waals surface area contributed by atoms with Gasteiger partial charge in [-0.25, -0.2) is 29.9 Å². The van der Waals surface area contributed by atoms with Crippen molar-refractivity contribution >= 4 is 36.5 Å². The lowest BCUT2D eigenvalue weighted by Crippen LogP contribution is -2.19. The lowest BCUT2D eigenvalue weighted by Gasteiger charge is -2.23. The van der Waals surface area contributed by atoms with Crippen LogP contribution in [0.15, 0.2) is 131 Å². The zero-order valence-electron chi connectivity index (χ0n) is 53.8. The van der Waals surface area contributed by atoms with E-state index in [1.807, 2.05) is 54.7 Å². The fraction of sp³-hybridized carbons (Fsp3) is 0.437. The summed E-state index contributed by atoms with van der Waals surface area (Å²) in [6, 6.07) is 22.4. The summed E-state index contributed by atoms with van der Waals surface area (Å²) in [5.41, 5.74) is 11.3. The molecule has 7 rings (SSSR count). The van der Waals surface area contributed by atoms with Gasteiger partial charge < -0.3 is 0 Å². The molecular weight excluding hydrogens is 993 g/mol. The Kier molecular flexibility index (Phi) is 27.4. The molecule has 10 heteroatoms. The number of rotatable bonds is 6. The molecule has 0 radical (unpaired) electrons. The van der Waals surface area contributed by atoms with Crippen LogP contribution >= 0.6 is 0 Å². The molecule has 6 aromatic heterocycles. The number of aromatic nitrogens is 9. The first-order valence-electron chi connectivity index (χ1n) is 27.8. The van der Waals surface area contributed by atoms with Crippen LogP contribution < -0.4 is 0 Å². The normalized spacial score (nSPS) is 12.5. The molecule has 1 aliphatic carbocycles. The van der Waals surface area contributed by atoms with Gasteiger partial charge >= 0.3 is 0 Å². The fourth-order valence-electron chi connectivity index (χ4n) is 7.01. The molecule has 434 valence electrons. The predicted molar refractivity (Wildman–Crippen MR) is 348 cm³/mol. The van der Waals surface area contributed by atoms with E-state index in [0.29, 0.717) is 5.82 Å². The lowest BCUT2D eigenvalue weighted by atomic mass is 9.79. The van der Waals surface area contributed by atoms with E-state index < -0.39 is 0 Å². The van der Waals surface area contributed by atoms with Crippen LogP contribution in [-0.4, -0.2) is 44.9 Å². The Morgan fingerprint density at radius 2 is 0.938 bits per heavy atom. The Morgan fingerprint density at radius 1 is 0.420 bits per heavy atom. The first-order chi connectivity index (χ1) is 37.3. The molecule has 0 aliphatic heterocycles. The third-order valence-electron chi connectivity index (χ3n) is 12.7. The molecule has 0 unspecified atom stereocenters. The van der Waals surface area contributed by atoms with Crippen molar-refractivity contribution in [3.8, 4) is 6.07 Å². The van der Waals surface area contributed by atoms with Gasteiger partial charge in [0.2, 0.25) is 0 Å². The number of nitrogens with zero attached hydrogens (tertiary/aromatic N) is 10. The summed E-state index contributed by atoms with van der Waals surface area (Å²) in [7, 11) is 0. The van der Waals surface area contributed by atoms with Gasteiger partial charge in [-0.3, -0.25) is 15.0 Å². The molecular formula is C71H100N10. The molecule has 0 atom stereocenters. The van der Waals surface area contributed by atoms with Crippen molar-refractivity contribution in [2.24, 2.45) is 10.8 Å². The lowest BCUT2D eigenvalue weighted by molar-refractivity contribution is 0.279. The zero-order valence-corrected chi connectivity index (χ0v) is 53.8. The highest BCUT2D eigenvalue weighted by molar-refractivity contribution is 5.49. The van der Waals surface area contributed by atoms with Gasteiger partial charge in [0.15, 0.2) is 5.82 Å². The van der Waals surface area contributed by atoms with Crippen LogP contribution in [-0.2, 0) is 32.5 Å². The SMILES string of the molecule is C=Cc1cc(C(C)(C)C)ccn1.C=Cc1cc(C(C)(C)C)ncn1.C=Cc1cccc(C(C)(C)C)n1.C=Cc1ccnc(C(C)(C)C)n1.C=Cc1nccc(C(C)(C)C)n1.C=Cc1ncccc1C(C)(C)C.CC(C)(C)C1(C#N)CC1. The van der Waals surface area contributed by atoms with Crippen LogP contribution in [0.3, 0.4) is 0 Å². The average Bonchev–Trinajstić information content (AvgIpc) is 4.26. The van der Waals surface area contributed by atoms with Crippen LogP contribution in [0.1, 0.15) is 227 Å². The number of hydrogen-bond donors (Lipinski definition) is 0. The Bertz CT molecular complexity index is 2640. The molecule has 6 aromatic rings. The van der Waals surface area contributed by atoms with Crippen LogP contribution in [0.4, 0.5) is 0 Å². The number of hydrogen-bond acceptors (Lipinski definition) is 10. The molecule has 0 saturated heterocycles. The van der Waals surface area contributed by atoms with E-state index in [1.54, 1.807) is 61.4 Å². The summed E-state index contributed by atoms with van der Waals surface area (Å²) >= 11 is 0. The van der Waals surface area contributed by atoms with Crippen LogP contribution in [0.25, 0.3) is 36.5 Å². The van der Waals surface area contributed by atoms with Crippen molar-refractivity contribution in [1.29, 1.82) is 5.26 Å².